The summed E-state index contributed by atoms with van der Waals surface area (Å²) in [6, 6.07) is 4.06. The zero-order valence-corrected chi connectivity index (χ0v) is 22.9. The number of alkyl carbamates (subject to hydrolysis) is 1. The highest BCUT2D eigenvalue weighted by atomic mass is 19.1. The summed E-state index contributed by atoms with van der Waals surface area (Å²) in [5.41, 5.74) is 6.29. The third-order valence-corrected chi connectivity index (χ3v) is 6.75. The van der Waals surface area contributed by atoms with Crippen molar-refractivity contribution in [2.75, 3.05) is 6.54 Å². The van der Waals surface area contributed by atoms with Gasteiger partial charge in [-0.05, 0) is 58.6 Å². The fraction of sp³-hybridized carbons (Fsp3) is 0.607. The van der Waals surface area contributed by atoms with Crippen molar-refractivity contribution >= 4 is 18.1 Å². The number of hydrogen-bond donors (Lipinski definition) is 2. The standard InChI is InChI=1S/C28H41FN4O5/c1-5-6-7-8-9-10-14-24(31-26(35)38-28(2,3)4)33-17-20(15-23(33)25(30)34)37-27(36)32-16-19-12-11-13-22(29)21(19)18-32/h5-6,11-13,20,23-24H,7-10,14-18H2,1-4H3,(H2,30,34)(H,31,35)/b6-5-/t20-,23+,24-/m1/s1. The first-order valence-corrected chi connectivity index (χ1v) is 13.4. The van der Waals surface area contributed by atoms with E-state index in [0.717, 1.165) is 31.2 Å². The van der Waals surface area contributed by atoms with Gasteiger partial charge in [0.05, 0.1) is 18.8 Å². The van der Waals surface area contributed by atoms with Crippen LogP contribution in [0.3, 0.4) is 0 Å². The Balaban J connectivity index is 1.66. The number of fused-ring (bicyclic) bond motifs is 1. The van der Waals surface area contributed by atoms with Gasteiger partial charge in [-0.15, -0.1) is 0 Å². The van der Waals surface area contributed by atoms with Gasteiger partial charge in [-0.25, -0.2) is 14.0 Å². The Bertz CT molecular complexity index is 1020. The number of halogens is 1. The number of nitrogens with zero attached hydrogens (tertiary/aromatic N) is 2. The smallest absolute Gasteiger partial charge is 0.410 e. The lowest BCUT2D eigenvalue weighted by Crippen LogP contribution is -2.54. The van der Waals surface area contributed by atoms with Gasteiger partial charge in [0, 0.05) is 25.1 Å². The van der Waals surface area contributed by atoms with Gasteiger partial charge in [0.1, 0.15) is 17.5 Å². The lowest BCUT2D eigenvalue weighted by molar-refractivity contribution is -0.123. The van der Waals surface area contributed by atoms with Crippen LogP contribution in [0.2, 0.25) is 0 Å². The number of benzene rings is 1. The van der Waals surface area contributed by atoms with E-state index in [1.807, 2.05) is 13.0 Å². The second-order valence-corrected chi connectivity index (χ2v) is 11.0. The molecule has 38 heavy (non-hydrogen) atoms. The van der Waals surface area contributed by atoms with E-state index in [0.29, 0.717) is 12.0 Å². The van der Waals surface area contributed by atoms with Crippen molar-refractivity contribution in [1.29, 1.82) is 0 Å². The summed E-state index contributed by atoms with van der Waals surface area (Å²) in [6.07, 6.45) is 6.43. The Hall–Kier alpha value is -3.14. The highest BCUT2D eigenvalue weighted by molar-refractivity contribution is 5.80. The fourth-order valence-electron chi connectivity index (χ4n) is 4.97. The van der Waals surface area contributed by atoms with E-state index in [9.17, 15) is 18.8 Å². The molecule has 0 bridgehead atoms. The van der Waals surface area contributed by atoms with Crippen LogP contribution in [-0.2, 0) is 27.4 Å². The van der Waals surface area contributed by atoms with Crippen molar-refractivity contribution in [3.63, 3.8) is 0 Å². The van der Waals surface area contributed by atoms with Crippen LogP contribution in [0.15, 0.2) is 30.4 Å². The van der Waals surface area contributed by atoms with Gasteiger partial charge in [0.25, 0.3) is 0 Å². The van der Waals surface area contributed by atoms with Crippen LogP contribution in [0.1, 0.15) is 77.3 Å². The molecule has 2 aliphatic heterocycles. The summed E-state index contributed by atoms with van der Waals surface area (Å²) in [5.74, 6) is -0.899. The van der Waals surface area contributed by atoms with Crippen molar-refractivity contribution in [3.05, 3.63) is 47.3 Å². The summed E-state index contributed by atoms with van der Waals surface area (Å²) >= 11 is 0. The maximum atomic E-state index is 14.1. The van der Waals surface area contributed by atoms with E-state index in [1.165, 1.54) is 11.0 Å². The van der Waals surface area contributed by atoms with Crippen LogP contribution >= 0.6 is 0 Å². The van der Waals surface area contributed by atoms with Crippen LogP contribution in [0, 0.1) is 5.82 Å². The molecule has 1 aromatic carbocycles. The number of ether oxygens (including phenoxy) is 2. The van der Waals surface area contributed by atoms with Crippen molar-refractivity contribution in [2.24, 2.45) is 5.73 Å². The molecule has 0 spiro atoms. The molecule has 0 radical (unpaired) electrons. The van der Waals surface area contributed by atoms with Crippen molar-refractivity contribution < 1.29 is 28.2 Å². The maximum Gasteiger partial charge on any atom is 0.410 e. The van der Waals surface area contributed by atoms with Gasteiger partial charge >= 0.3 is 12.2 Å². The zero-order chi connectivity index (χ0) is 27.9. The molecule has 1 saturated heterocycles. The first-order chi connectivity index (χ1) is 18.0. The lowest BCUT2D eigenvalue weighted by Gasteiger charge is -2.33. The molecule has 2 heterocycles. The van der Waals surface area contributed by atoms with E-state index >= 15 is 0 Å². The summed E-state index contributed by atoms with van der Waals surface area (Å²) in [6.45, 7) is 7.95. The van der Waals surface area contributed by atoms with Crippen LogP contribution < -0.4 is 11.1 Å². The molecule has 3 atom stereocenters. The minimum absolute atomic E-state index is 0.132. The third-order valence-electron chi connectivity index (χ3n) is 6.75. The van der Waals surface area contributed by atoms with Gasteiger partial charge in [0.2, 0.25) is 5.91 Å². The number of nitrogens with two attached hydrogens (primary N) is 1. The van der Waals surface area contributed by atoms with Gasteiger partial charge in [-0.3, -0.25) is 14.6 Å². The fourth-order valence-corrected chi connectivity index (χ4v) is 4.97. The number of unbranched alkanes of at least 4 members (excludes halogenated alkanes) is 3. The molecular formula is C28H41FN4O5. The highest BCUT2D eigenvalue weighted by Crippen LogP contribution is 2.29. The van der Waals surface area contributed by atoms with E-state index < -0.39 is 42.0 Å². The summed E-state index contributed by atoms with van der Waals surface area (Å²) in [5, 5.41) is 2.90. The average molecular weight is 533 g/mol. The largest absolute Gasteiger partial charge is 0.445 e. The second kappa shape index (κ2) is 13.1. The molecule has 3 N–H and O–H groups in total. The van der Waals surface area contributed by atoms with Crippen molar-refractivity contribution in [2.45, 2.75) is 103 Å². The highest BCUT2D eigenvalue weighted by Gasteiger charge is 2.42. The molecule has 2 aliphatic rings. The normalized spacial score (nSPS) is 20.4. The Kier molecular flexibility index (Phi) is 10.1. The quantitative estimate of drug-likeness (QED) is 0.337. The molecule has 0 unspecified atom stereocenters. The Labute approximate surface area is 224 Å². The molecule has 10 heteroatoms. The molecule has 3 amide bonds. The summed E-state index contributed by atoms with van der Waals surface area (Å²) in [7, 11) is 0. The predicted octanol–water partition coefficient (Wildman–Crippen LogP) is 4.58. The number of allylic oxidation sites excluding steroid dienone is 2. The molecule has 0 aliphatic carbocycles. The van der Waals surface area contributed by atoms with Gasteiger partial charge in [0.15, 0.2) is 0 Å². The Morgan fingerprint density at radius 1 is 1.21 bits per heavy atom. The van der Waals surface area contributed by atoms with Crippen LogP contribution in [0.5, 0.6) is 0 Å². The number of carbonyl (C=O) groups is 3. The summed E-state index contributed by atoms with van der Waals surface area (Å²) < 4.78 is 25.3. The number of amides is 3. The summed E-state index contributed by atoms with van der Waals surface area (Å²) in [4.78, 5) is 41.2. The van der Waals surface area contributed by atoms with Crippen molar-refractivity contribution in [1.82, 2.24) is 15.1 Å². The van der Waals surface area contributed by atoms with Gasteiger partial charge in [-0.1, -0.05) is 37.1 Å². The van der Waals surface area contributed by atoms with Crippen molar-refractivity contribution in [3.8, 4) is 0 Å². The minimum atomic E-state index is -0.719. The molecular weight excluding hydrogens is 491 g/mol. The number of nitrogens with one attached hydrogen (secondary N) is 1. The molecule has 3 rings (SSSR count). The van der Waals surface area contributed by atoms with E-state index in [4.69, 9.17) is 15.2 Å². The average Bonchev–Trinajstić information content (AvgIpc) is 3.45. The number of rotatable bonds is 10. The van der Waals surface area contributed by atoms with Crippen LogP contribution in [0.25, 0.3) is 0 Å². The third kappa shape index (κ3) is 8.18. The maximum absolute atomic E-state index is 14.1. The van der Waals surface area contributed by atoms with E-state index in [2.05, 4.69) is 11.4 Å². The molecule has 1 aromatic rings. The number of primary amides is 1. The lowest BCUT2D eigenvalue weighted by atomic mass is 10.1. The first kappa shape index (κ1) is 29.4. The minimum Gasteiger partial charge on any atom is -0.445 e. The molecule has 0 saturated carbocycles. The monoisotopic (exact) mass is 532 g/mol. The molecule has 0 aromatic heterocycles. The van der Waals surface area contributed by atoms with Crippen LogP contribution in [-0.4, -0.2) is 58.4 Å². The number of carbonyl (C=O) groups excluding carboxylic acids is 3. The second-order valence-electron chi connectivity index (χ2n) is 11.0. The Morgan fingerprint density at radius 2 is 1.97 bits per heavy atom. The van der Waals surface area contributed by atoms with Gasteiger partial charge < -0.3 is 20.5 Å². The Morgan fingerprint density at radius 3 is 2.63 bits per heavy atom. The van der Waals surface area contributed by atoms with E-state index in [-0.39, 0.29) is 31.9 Å². The zero-order valence-electron chi connectivity index (χ0n) is 22.9. The van der Waals surface area contributed by atoms with Gasteiger partial charge in [-0.2, -0.15) is 0 Å². The number of hydrogen-bond acceptors (Lipinski definition) is 6. The first-order valence-electron chi connectivity index (χ1n) is 13.4. The number of likely N-dealkylation sites (tertiary alicyclic amines) is 1. The SMILES string of the molecule is C/C=C\CCCCC[C@H](NC(=O)OC(C)(C)C)N1C[C@H](OC(=O)N2Cc3cccc(F)c3C2)C[C@H]1C(N)=O. The van der Waals surface area contributed by atoms with Crippen LogP contribution in [0.4, 0.5) is 14.0 Å². The molecule has 9 nitrogen and oxygen atoms in total. The topological polar surface area (TPSA) is 114 Å². The molecule has 210 valence electrons. The molecule has 1 fully saturated rings. The predicted molar refractivity (Wildman–Crippen MR) is 141 cm³/mol. The van der Waals surface area contributed by atoms with E-state index in [1.54, 1.807) is 37.8 Å².